The van der Waals surface area contributed by atoms with E-state index in [2.05, 4.69) is 4.98 Å². The molecule has 3 rings (SSSR count). The van der Waals surface area contributed by atoms with Crippen molar-refractivity contribution >= 4 is 33.2 Å². The Bertz CT molecular complexity index is 1090. The fourth-order valence-electron chi connectivity index (χ4n) is 2.33. The largest absolute Gasteiger partial charge is 0.496 e. The molecule has 1 aromatic carbocycles. The smallest absolute Gasteiger partial charge is 0.342 e. The lowest BCUT2D eigenvalue weighted by atomic mass is 10.2. The molecule has 0 atom stereocenters. The van der Waals surface area contributed by atoms with Gasteiger partial charge in [0.2, 0.25) is 10.0 Å². The van der Waals surface area contributed by atoms with Gasteiger partial charge in [-0.3, -0.25) is 0 Å². The highest BCUT2D eigenvalue weighted by Gasteiger charge is 2.19. The number of primary sulfonamides is 1. The van der Waals surface area contributed by atoms with Crippen LogP contribution in [-0.2, 0) is 21.4 Å². The molecule has 0 aliphatic carbocycles. The molecule has 0 fully saturated rings. The number of benzene rings is 1. The molecular formula is C16H14ClN3O5S. The molecule has 2 N–H and O–H groups in total. The van der Waals surface area contributed by atoms with Crippen molar-refractivity contribution in [3.05, 3.63) is 59.0 Å². The van der Waals surface area contributed by atoms with E-state index in [4.69, 9.17) is 26.2 Å². The molecule has 0 bridgehead atoms. The summed E-state index contributed by atoms with van der Waals surface area (Å²) in [6, 6.07) is 7.12. The fraction of sp³-hybridized carbons (Fsp3) is 0.125. The molecule has 2 aromatic heterocycles. The first kappa shape index (κ1) is 18.2. The number of hydrogen-bond donors (Lipinski definition) is 1. The predicted octanol–water partition coefficient (Wildman–Crippen LogP) is 2.00. The highest BCUT2D eigenvalue weighted by molar-refractivity contribution is 7.89. The number of rotatable bonds is 5. The number of esters is 1. The lowest BCUT2D eigenvalue weighted by Gasteiger charge is -2.09. The topological polar surface area (TPSA) is 113 Å². The number of aromatic nitrogens is 2. The van der Waals surface area contributed by atoms with Crippen molar-refractivity contribution in [1.29, 1.82) is 0 Å². The molecular weight excluding hydrogens is 382 g/mol. The van der Waals surface area contributed by atoms with Crippen molar-refractivity contribution in [3.63, 3.8) is 0 Å². The Kier molecular flexibility index (Phi) is 4.86. The number of nitrogens with two attached hydrogens (primary N) is 1. The molecule has 0 amide bonds. The van der Waals surface area contributed by atoms with Crippen LogP contribution in [0, 0.1) is 0 Å². The van der Waals surface area contributed by atoms with Crippen LogP contribution < -0.4 is 9.88 Å². The molecule has 0 spiro atoms. The first-order valence-corrected chi connectivity index (χ1v) is 9.21. The van der Waals surface area contributed by atoms with E-state index in [0.717, 1.165) is 6.07 Å². The average Bonchev–Trinajstić information content (AvgIpc) is 3.00. The summed E-state index contributed by atoms with van der Waals surface area (Å²) in [4.78, 5) is 16.4. The summed E-state index contributed by atoms with van der Waals surface area (Å²) in [7, 11) is -2.61. The zero-order valence-electron chi connectivity index (χ0n) is 13.5. The average molecular weight is 396 g/mol. The quantitative estimate of drug-likeness (QED) is 0.661. The van der Waals surface area contributed by atoms with Crippen LogP contribution in [0.4, 0.5) is 0 Å². The highest BCUT2D eigenvalue weighted by Crippen LogP contribution is 2.23. The maximum Gasteiger partial charge on any atom is 0.342 e. The SMILES string of the molecule is COc1ccc(S(N)(=O)=O)cc1C(=O)OCc1cn2cc(Cl)ccc2n1. The van der Waals surface area contributed by atoms with E-state index < -0.39 is 16.0 Å². The second kappa shape index (κ2) is 6.94. The van der Waals surface area contributed by atoms with Gasteiger partial charge in [0.05, 0.1) is 22.7 Å². The van der Waals surface area contributed by atoms with Gasteiger partial charge in [-0.15, -0.1) is 0 Å². The highest BCUT2D eigenvalue weighted by atomic mass is 35.5. The van der Waals surface area contributed by atoms with E-state index in [1.165, 1.54) is 19.2 Å². The van der Waals surface area contributed by atoms with Gasteiger partial charge in [-0.1, -0.05) is 11.6 Å². The first-order valence-electron chi connectivity index (χ1n) is 7.29. The molecule has 136 valence electrons. The van der Waals surface area contributed by atoms with Crippen LogP contribution in [0.25, 0.3) is 5.65 Å². The van der Waals surface area contributed by atoms with Crippen LogP contribution >= 0.6 is 11.6 Å². The Balaban J connectivity index is 1.82. The third kappa shape index (κ3) is 3.79. The third-order valence-electron chi connectivity index (χ3n) is 3.54. The van der Waals surface area contributed by atoms with Gasteiger partial charge in [-0.2, -0.15) is 0 Å². The van der Waals surface area contributed by atoms with Crippen molar-refractivity contribution < 1.29 is 22.7 Å². The Morgan fingerprint density at radius 2 is 2.04 bits per heavy atom. The molecule has 2 heterocycles. The number of carbonyl (C=O) groups is 1. The normalized spacial score (nSPS) is 11.5. The van der Waals surface area contributed by atoms with Gasteiger partial charge in [0.15, 0.2) is 0 Å². The number of methoxy groups -OCH3 is 1. The molecule has 0 radical (unpaired) electrons. The number of ether oxygens (including phenoxy) is 2. The molecule has 10 heteroatoms. The molecule has 0 saturated heterocycles. The number of carbonyl (C=O) groups excluding carboxylic acids is 1. The van der Waals surface area contributed by atoms with Crippen LogP contribution in [0.1, 0.15) is 16.1 Å². The summed E-state index contributed by atoms with van der Waals surface area (Å²) < 4.78 is 34.9. The fourth-order valence-corrected chi connectivity index (χ4v) is 3.04. The zero-order chi connectivity index (χ0) is 18.9. The van der Waals surface area contributed by atoms with Crippen LogP contribution in [0.2, 0.25) is 5.02 Å². The van der Waals surface area contributed by atoms with Crippen LogP contribution in [0.15, 0.2) is 47.6 Å². The van der Waals surface area contributed by atoms with Gasteiger partial charge in [-0.25, -0.2) is 23.3 Å². The van der Waals surface area contributed by atoms with E-state index in [0.29, 0.717) is 16.4 Å². The Morgan fingerprint density at radius 3 is 2.73 bits per heavy atom. The van der Waals surface area contributed by atoms with Gasteiger partial charge in [0.1, 0.15) is 23.6 Å². The van der Waals surface area contributed by atoms with E-state index in [-0.39, 0.29) is 22.8 Å². The molecule has 3 aromatic rings. The van der Waals surface area contributed by atoms with Gasteiger partial charge >= 0.3 is 5.97 Å². The summed E-state index contributed by atoms with van der Waals surface area (Å²) in [6.07, 6.45) is 3.35. The number of pyridine rings is 1. The van der Waals surface area contributed by atoms with Crippen molar-refractivity contribution in [1.82, 2.24) is 9.38 Å². The third-order valence-corrected chi connectivity index (χ3v) is 4.67. The Morgan fingerprint density at radius 1 is 1.27 bits per heavy atom. The monoisotopic (exact) mass is 395 g/mol. The number of imidazole rings is 1. The molecule has 0 saturated carbocycles. The Hall–Kier alpha value is -2.62. The number of sulfonamides is 1. The minimum Gasteiger partial charge on any atom is -0.496 e. The number of nitrogens with zero attached hydrogens (tertiary/aromatic N) is 2. The lowest BCUT2D eigenvalue weighted by Crippen LogP contribution is -2.14. The van der Waals surface area contributed by atoms with E-state index in [1.54, 1.807) is 28.9 Å². The molecule has 0 unspecified atom stereocenters. The van der Waals surface area contributed by atoms with Gasteiger partial charge in [0.25, 0.3) is 0 Å². The molecule has 8 nitrogen and oxygen atoms in total. The van der Waals surface area contributed by atoms with E-state index in [1.807, 2.05) is 0 Å². The summed E-state index contributed by atoms with van der Waals surface area (Å²) in [5, 5.41) is 5.64. The van der Waals surface area contributed by atoms with Crippen molar-refractivity contribution in [2.24, 2.45) is 5.14 Å². The maximum absolute atomic E-state index is 12.4. The van der Waals surface area contributed by atoms with Crippen LogP contribution in [0.5, 0.6) is 5.75 Å². The molecule has 26 heavy (non-hydrogen) atoms. The van der Waals surface area contributed by atoms with E-state index in [9.17, 15) is 13.2 Å². The summed E-state index contributed by atoms with van der Waals surface area (Å²) in [6.45, 7) is -0.110. The van der Waals surface area contributed by atoms with E-state index >= 15 is 0 Å². The molecule has 0 aliphatic heterocycles. The van der Waals surface area contributed by atoms with Crippen LogP contribution in [0.3, 0.4) is 0 Å². The number of hydrogen-bond acceptors (Lipinski definition) is 6. The van der Waals surface area contributed by atoms with Gasteiger partial charge in [-0.05, 0) is 30.3 Å². The second-order valence-corrected chi connectivity index (χ2v) is 7.33. The standard InChI is InChI=1S/C16H14ClN3O5S/c1-24-14-4-3-12(26(18,22)23)6-13(14)16(21)25-9-11-8-20-7-10(17)2-5-15(20)19-11/h2-8H,9H2,1H3,(H2,18,22,23). The second-order valence-electron chi connectivity index (χ2n) is 5.33. The van der Waals surface area contributed by atoms with Gasteiger partial charge < -0.3 is 13.9 Å². The summed E-state index contributed by atoms with van der Waals surface area (Å²) in [5.41, 5.74) is 1.10. The minimum atomic E-state index is -3.96. The zero-order valence-corrected chi connectivity index (χ0v) is 15.1. The van der Waals surface area contributed by atoms with Crippen molar-refractivity contribution in [2.75, 3.05) is 7.11 Å². The maximum atomic E-state index is 12.4. The molecule has 0 aliphatic rings. The minimum absolute atomic E-state index is 0.0502. The van der Waals surface area contributed by atoms with Gasteiger partial charge in [0, 0.05) is 12.4 Å². The summed E-state index contributed by atoms with van der Waals surface area (Å²) in [5.74, 6) is -0.591. The van der Waals surface area contributed by atoms with Crippen LogP contribution in [-0.4, -0.2) is 30.9 Å². The van der Waals surface area contributed by atoms with Crippen molar-refractivity contribution in [3.8, 4) is 5.75 Å². The van der Waals surface area contributed by atoms with Crippen molar-refractivity contribution in [2.45, 2.75) is 11.5 Å². The Labute approximate surface area is 154 Å². The lowest BCUT2D eigenvalue weighted by molar-refractivity contribution is 0.0464. The number of halogens is 1. The summed E-state index contributed by atoms with van der Waals surface area (Å²) >= 11 is 5.91. The predicted molar refractivity (Wildman–Crippen MR) is 93.7 cm³/mol. The first-order chi connectivity index (χ1) is 12.3. The number of fused-ring (bicyclic) bond motifs is 1.